The van der Waals surface area contributed by atoms with Gasteiger partial charge in [0.25, 0.3) is 0 Å². The molecule has 0 aliphatic rings. The molecule has 0 atom stereocenters. The highest BCUT2D eigenvalue weighted by atomic mass is 127. The van der Waals surface area contributed by atoms with E-state index in [1.807, 2.05) is 0 Å². The van der Waals surface area contributed by atoms with Crippen molar-refractivity contribution in [2.75, 3.05) is 0 Å². The molecule has 1 aromatic carbocycles. The maximum Gasteiger partial charge on any atom is 0.317 e. The molecule has 1 aromatic rings. The monoisotopic (exact) mass is 464 g/mol. The first-order valence-electron chi connectivity index (χ1n) is 2.84. The summed E-state index contributed by atoms with van der Waals surface area (Å²) in [5.41, 5.74) is 0. The number of rotatable bonds is 0. The van der Waals surface area contributed by atoms with Gasteiger partial charge in [-0.3, -0.25) is 0 Å². The fourth-order valence-electron chi connectivity index (χ4n) is 0.460. The van der Waals surface area contributed by atoms with Crippen molar-refractivity contribution in [3.63, 3.8) is 0 Å². The van der Waals surface area contributed by atoms with Crippen molar-refractivity contribution < 1.29 is 8.42 Å². The van der Waals surface area contributed by atoms with Crippen LogP contribution >= 0.6 is 66.5 Å². The summed E-state index contributed by atoms with van der Waals surface area (Å²) >= 11 is 4.60. The highest BCUT2D eigenvalue weighted by Gasteiger charge is 1.88. The predicted molar refractivity (Wildman–Crippen MR) is 72.5 cm³/mol. The van der Waals surface area contributed by atoms with Gasteiger partial charge < -0.3 is 0 Å². The van der Waals surface area contributed by atoms with Gasteiger partial charge in [0.2, 0.25) is 0 Å². The van der Waals surface area contributed by atoms with E-state index in [2.05, 4.69) is 90.8 Å². The van der Waals surface area contributed by atoms with Gasteiger partial charge in [-0.15, -0.1) is 0 Å². The van der Waals surface area contributed by atoms with Crippen LogP contribution in [0.25, 0.3) is 0 Å². The van der Waals surface area contributed by atoms with Crippen LogP contribution in [0.3, 0.4) is 0 Å². The summed E-state index contributed by atoms with van der Waals surface area (Å²) in [6, 6.07) is 8.37. The number of hydrogen-bond acceptors (Lipinski definition) is 2. The fourth-order valence-corrected chi connectivity index (χ4v) is 2.14. The Labute approximate surface area is 113 Å². The van der Waals surface area contributed by atoms with Crippen molar-refractivity contribution in [3.8, 4) is 0 Å². The lowest BCUT2D eigenvalue weighted by atomic mass is 10.4. The molecule has 0 heterocycles. The maximum absolute atomic E-state index is 9.16. The Balaban J connectivity index is 0.000000252. The van der Waals surface area contributed by atoms with Crippen LogP contribution in [0.5, 0.6) is 0 Å². The topological polar surface area (TPSA) is 34.1 Å². The molecule has 0 aliphatic heterocycles. The summed E-state index contributed by atoms with van der Waals surface area (Å²) in [5.74, 6) is 0. The lowest BCUT2D eigenvalue weighted by molar-refractivity contribution is 0.621. The van der Waals surface area contributed by atoms with Gasteiger partial charge in [-0.25, -0.2) is 0 Å². The highest BCUT2D eigenvalue weighted by Crippen LogP contribution is 2.08. The van der Waals surface area contributed by atoms with E-state index in [0.29, 0.717) is 0 Å². The molecular weight excluding hydrogens is 461 g/mol. The van der Waals surface area contributed by atoms with Gasteiger partial charge in [0, 0.05) is 28.5 Å². The molecule has 13 heavy (non-hydrogen) atoms. The third-order valence-electron chi connectivity index (χ3n) is 0.787. The quantitative estimate of drug-likeness (QED) is 0.434. The van der Waals surface area contributed by atoms with Crippen LogP contribution in [-0.2, 0) is 8.26 Å². The van der Waals surface area contributed by atoms with Crippen LogP contribution in [0.2, 0.25) is 0 Å². The second kappa shape index (κ2) is 6.65. The Hall–Kier alpha value is 1.21. The standard InChI is InChI=1S/C6H4I2.Cl2O2S/c7-5-2-1-3-6(8)4-5;1-5(2,3)4/h1-4H;. The van der Waals surface area contributed by atoms with E-state index in [0.717, 1.165) is 0 Å². The van der Waals surface area contributed by atoms with Gasteiger partial charge in [-0.05, 0) is 63.4 Å². The Morgan fingerprint density at radius 1 is 1.08 bits per heavy atom. The van der Waals surface area contributed by atoms with Gasteiger partial charge in [0.05, 0.1) is 0 Å². The van der Waals surface area contributed by atoms with Crippen molar-refractivity contribution in [2.45, 2.75) is 0 Å². The summed E-state index contributed by atoms with van der Waals surface area (Å²) in [4.78, 5) is 0. The lowest BCUT2D eigenvalue weighted by Gasteiger charge is -1.87. The highest BCUT2D eigenvalue weighted by molar-refractivity contribution is 14.1. The minimum atomic E-state index is -3.72. The average molecular weight is 465 g/mol. The Morgan fingerprint density at radius 2 is 1.38 bits per heavy atom. The third-order valence-corrected chi connectivity index (χ3v) is 2.13. The summed E-state index contributed by atoms with van der Waals surface area (Å²) in [6.07, 6.45) is 0. The summed E-state index contributed by atoms with van der Waals surface area (Å²) in [7, 11) is 4.81. The molecule has 0 N–H and O–H groups in total. The smallest absolute Gasteiger partial charge is 0.195 e. The maximum atomic E-state index is 9.16. The van der Waals surface area contributed by atoms with Crippen LogP contribution in [0, 0.1) is 7.14 Å². The van der Waals surface area contributed by atoms with E-state index in [1.165, 1.54) is 7.14 Å². The average Bonchev–Trinajstić information content (AvgIpc) is 1.81. The van der Waals surface area contributed by atoms with E-state index in [9.17, 15) is 0 Å². The zero-order chi connectivity index (χ0) is 10.5. The van der Waals surface area contributed by atoms with Crippen molar-refractivity contribution >= 4 is 74.8 Å². The molecule has 0 bridgehead atoms. The molecule has 0 amide bonds. The number of hydrogen-bond donors (Lipinski definition) is 0. The van der Waals surface area contributed by atoms with Gasteiger partial charge in [-0.1, -0.05) is 6.07 Å². The Kier molecular flexibility index (Phi) is 7.27. The SMILES string of the molecule is Ic1cccc(I)c1.O=S(=O)(Cl)Cl. The largest absolute Gasteiger partial charge is 0.317 e. The summed E-state index contributed by atoms with van der Waals surface area (Å²) in [5, 5.41) is 0. The third kappa shape index (κ3) is 13.2. The van der Waals surface area contributed by atoms with Gasteiger partial charge in [0.1, 0.15) is 0 Å². The second-order valence-electron chi connectivity index (χ2n) is 1.82. The molecule has 0 radical (unpaired) electrons. The molecule has 0 saturated heterocycles. The van der Waals surface area contributed by atoms with Crippen LogP contribution in [0.4, 0.5) is 0 Å². The van der Waals surface area contributed by atoms with Crippen LogP contribution < -0.4 is 0 Å². The predicted octanol–water partition coefficient (Wildman–Crippen LogP) is 3.60. The van der Waals surface area contributed by atoms with E-state index < -0.39 is 8.26 Å². The van der Waals surface area contributed by atoms with Crippen molar-refractivity contribution in [3.05, 3.63) is 31.4 Å². The first-order chi connectivity index (χ1) is 5.79. The van der Waals surface area contributed by atoms with Gasteiger partial charge in [0.15, 0.2) is 0 Å². The molecule has 74 valence electrons. The first kappa shape index (κ1) is 14.2. The Bertz CT molecular complexity index is 341. The molecule has 0 fully saturated rings. The summed E-state index contributed by atoms with van der Waals surface area (Å²) in [6.45, 7) is 0. The van der Waals surface area contributed by atoms with Crippen molar-refractivity contribution in [1.82, 2.24) is 0 Å². The minimum absolute atomic E-state index is 1.30. The molecule has 0 unspecified atom stereocenters. The van der Waals surface area contributed by atoms with E-state index in [-0.39, 0.29) is 0 Å². The van der Waals surface area contributed by atoms with Crippen molar-refractivity contribution in [1.29, 1.82) is 0 Å². The molecule has 0 saturated carbocycles. The molecular formula is C6H4Cl2I2O2S. The minimum Gasteiger partial charge on any atom is -0.195 e. The summed E-state index contributed by atoms with van der Waals surface area (Å²) < 4.78 is 20.9. The molecule has 0 aromatic heterocycles. The Morgan fingerprint density at radius 3 is 1.54 bits per heavy atom. The zero-order valence-corrected chi connectivity index (χ0v) is 12.7. The molecule has 0 aliphatic carbocycles. The van der Waals surface area contributed by atoms with Gasteiger partial charge >= 0.3 is 8.26 Å². The first-order valence-corrected chi connectivity index (χ1v) is 8.13. The van der Waals surface area contributed by atoms with Crippen LogP contribution in [0.1, 0.15) is 0 Å². The van der Waals surface area contributed by atoms with Crippen molar-refractivity contribution in [2.24, 2.45) is 0 Å². The molecule has 7 heteroatoms. The fraction of sp³-hybridized carbons (Fsp3) is 0. The number of benzene rings is 1. The normalized spacial score (nSPS) is 10.2. The second-order valence-corrected chi connectivity index (χ2v) is 7.98. The molecule has 1 rings (SSSR count). The number of halogens is 4. The van der Waals surface area contributed by atoms with Crippen LogP contribution in [0.15, 0.2) is 24.3 Å². The van der Waals surface area contributed by atoms with Gasteiger partial charge in [-0.2, -0.15) is 8.42 Å². The zero-order valence-electron chi connectivity index (χ0n) is 6.05. The van der Waals surface area contributed by atoms with E-state index in [1.54, 1.807) is 0 Å². The van der Waals surface area contributed by atoms with E-state index >= 15 is 0 Å². The lowest BCUT2D eigenvalue weighted by Crippen LogP contribution is -1.69. The molecule has 2 nitrogen and oxygen atoms in total. The van der Waals surface area contributed by atoms with E-state index in [4.69, 9.17) is 8.42 Å². The molecule has 0 spiro atoms. The van der Waals surface area contributed by atoms with Crippen LogP contribution in [-0.4, -0.2) is 8.42 Å².